The van der Waals surface area contributed by atoms with Crippen molar-refractivity contribution < 1.29 is 42.3 Å². The Labute approximate surface area is 197 Å². The molecule has 0 unspecified atom stereocenters. The van der Waals surface area contributed by atoms with Crippen LogP contribution < -0.4 is 10.6 Å². The first-order chi connectivity index (χ1) is 16.3. The first-order valence-electron chi connectivity index (χ1n) is 10.6. The van der Waals surface area contributed by atoms with E-state index >= 15 is 0 Å². The second-order valence-electron chi connectivity index (χ2n) is 8.10. The normalized spacial score (nSPS) is 21.3. The van der Waals surface area contributed by atoms with Gasteiger partial charge in [-0.1, -0.05) is 25.1 Å². The van der Waals surface area contributed by atoms with Crippen LogP contribution in [0.25, 0.3) is 0 Å². The molecule has 9 nitrogen and oxygen atoms in total. The van der Waals surface area contributed by atoms with Gasteiger partial charge in [0.1, 0.15) is 0 Å². The van der Waals surface area contributed by atoms with Gasteiger partial charge in [0.25, 0.3) is 17.7 Å². The van der Waals surface area contributed by atoms with Crippen LogP contribution in [0.2, 0.25) is 0 Å². The van der Waals surface area contributed by atoms with E-state index in [-0.39, 0.29) is 36.1 Å². The van der Waals surface area contributed by atoms with Crippen molar-refractivity contribution in [3.05, 3.63) is 58.2 Å². The molecule has 2 aliphatic heterocycles. The minimum absolute atomic E-state index is 0.0647. The molecule has 0 aliphatic carbocycles. The lowest BCUT2D eigenvalue weighted by Gasteiger charge is -2.36. The van der Waals surface area contributed by atoms with Crippen molar-refractivity contribution in [1.29, 1.82) is 0 Å². The number of imide groups is 2. The van der Waals surface area contributed by atoms with Crippen molar-refractivity contribution >= 4 is 29.5 Å². The summed E-state index contributed by atoms with van der Waals surface area (Å²) in [6, 6.07) is 4.07. The topological polar surface area (TPSA) is 133 Å². The van der Waals surface area contributed by atoms with Crippen LogP contribution in [0, 0.1) is 0 Å². The molecule has 1 fully saturated rings. The van der Waals surface area contributed by atoms with Gasteiger partial charge in [-0.2, -0.15) is 13.2 Å². The lowest BCUT2D eigenvalue weighted by atomic mass is 10.00. The summed E-state index contributed by atoms with van der Waals surface area (Å²) in [5.74, 6) is -4.27. The van der Waals surface area contributed by atoms with Crippen molar-refractivity contribution in [3.8, 4) is 0 Å². The molecule has 0 spiro atoms. The van der Waals surface area contributed by atoms with Crippen LogP contribution in [-0.4, -0.2) is 51.4 Å². The molecule has 12 heteroatoms. The van der Waals surface area contributed by atoms with Crippen LogP contribution in [0.1, 0.15) is 59.4 Å². The average molecular weight is 493 g/mol. The molecule has 2 heterocycles. The molecule has 1 atom stereocenters. The number of nitrogens with one attached hydrogen (secondary N) is 2. The van der Waals surface area contributed by atoms with E-state index in [0.29, 0.717) is 10.5 Å². The van der Waals surface area contributed by atoms with Gasteiger partial charge in [-0.3, -0.25) is 29.3 Å². The van der Waals surface area contributed by atoms with E-state index in [9.17, 15) is 42.3 Å². The minimum Gasteiger partial charge on any atom is -0.363 e. The van der Waals surface area contributed by atoms with E-state index in [2.05, 4.69) is 5.32 Å². The molecular weight excluding hydrogens is 471 g/mol. The summed E-state index contributed by atoms with van der Waals surface area (Å²) in [6.07, 6.45) is -3.15. The molecule has 1 saturated heterocycles. The Balaban J connectivity index is 1.76. The van der Waals surface area contributed by atoms with Gasteiger partial charge in [-0.05, 0) is 31.0 Å². The van der Waals surface area contributed by atoms with Crippen LogP contribution in [0.3, 0.4) is 0 Å². The lowest BCUT2D eigenvalue weighted by Crippen LogP contribution is -2.64. The van der Waals surface area contributed by atoms with Crippen molar-refractivity contribution in [2.24, 2.45) is 0 Å². The first kappa shape index (κ1) is 25.8. The molecule has 186 valence electrons. The van der Waals surface area contributed by atoms with Crippen LogP contribution in [0.4, 0.5) is 13.2 Å². The Hall–Kier alpha value is -3.80. The highest BCUT2D eigenvalue weighted by molar-refractivity contribution is 6.24. The Bertz CT molecular complexity index is 1190. The highest BCUT2D eigenvalue weighted by Gasteiger charge is 2.54. The summed E-state index contributed by atoms with van der Waals surface area (Å²) in [5.41, 5.74) is -3.04. The molecule has 5 amide bonds. The van der Waals surface area contributed by atoms with E-state index in [1.165, 1.54) is 18.2 Å². The zero-order chi connectivity index (χ0) is 26.1. The number of carbonyl (C=O) groups excluding carboxylic acids is 5. The number of allylic oxidation sites excluding steroid dienone is 3. The van der Waals surface area contributed by atoms with E-state index in [1.54, 1.807) is 6.92 Å². The molecule has 1 aromatic carbocycles. The summed E-state index contributed by atoms with van der Waals surface area (Å²) < 4.78 is 37.9. The van der Waals surface area contributed by atoms with E-state index in [4.69, 9.17) is 0 Å². The maximum atomic E-state index is 12.9. The summed E-state index contributed by atoms with van der Waals surface area (Å²) in [4.78, 5) is 62.1. The summed E-state index contributed by atoms with van der Waals surface area (Å²) in [6.45, 7) is 2.39. The third-order valence-electron chi connectivity index (χ3n) is 5.75. The largest absolute Gasteiger partial charge is 0.412 e. The fraction of sp³-hybridized carbons (Fsp3) is 0.348. The molecule has 0 bridgehead atoms. The van der Waals surface area contributed by atoms with Crippen molar-refractivity contribution in [1.82, 2.24) is 15.5 Å². The predicted molar refractivity (Wildman–Crippen MR) is 114 cm³/mol. The van der Waals surface area contributed by atoms with Gasteiger partial charge in [-0.25, -0.2) is 4.90 Å². The smallest absolute Gasteiger partial charge is 0.363 e. The van der Waals surface area contributed by atoms with Crippen molar-refractivity contribution in [2.45, 2.75) is 51.6 Å². The zero-order valence-corrected chi connectivity index (χ0v) is 18.8. The van der Waals surface area contributed by atoms with Gasteiger partial charge in [0.15, 0.2) is 0 Å². The second kappa shape index (κ2) is 9.45. The summed E-state index contributed by atoms with van der Waals surface area (Å²) in [7, 11) is 0. The van der Waals surface area contributed by atoms with Crippen LogP contribution in [0.15, 0.2) is 41.5 Å². The molecule has 3 rings (SSSR count). The maximum absolute atomic E-state index is 12.9. The number of amides is 5. The van der Waals surface area contributed by atoms with Crippen molar-refractivity contribution in [3.63, 3.8) is 0 Å². The molecule has 0 aromatic heterocycles. The molecule has 1 aromatic rings. The summed E-state index contributed by atoms with van der Waals surface area (Å²) >= 11 is 0. The fourth-order valence-corrected chi connectivity index (χ4v) is 3.61. The summed E-state index contributed by atoms with van der Waals surface area (Å²) in [5, 5.41) is 15.2. The van der Waals surface area contributed by atoms with Crippen LogP contribution in [-0.2, 0) is 20.9 Å². The SMILES string of the molecule is CC/C(=C\C=C(/C)C(F)(F)F)C(=O)NCc1ccc2c(c1)C(=O)N([C@@]1(O)CCC(=O)NC1=O)C2=O. The monoisotopic (exact) mass is 493 g/mol. The standard InChI is InChI=1S/C23H22F3N3O6/c1-3-14(6-4-12(2)23(24,25)26)18(31)27-11-13-5-7-15-16(10-13)20(33)29(19(15)32)22(35)9-8-17(30)28-21(22)34/h4-7,10,35H,3,8-9,11H2,1-2H3,(H,27,31)(H,28,30,34)/b12-4+,14-6+/t22-/m1/s1. The van der Waals surface area contributed by atoms with Crippen LogP contribution >= 0.6 is 0 Å². The van der Waals surface area contributed by atoms with Crippen LogP contribution in [0.5, 0.6) is 0 Å². The number of hydrogen-bond acceptors (Lipinski definition) is 6. The number of hydrogen-bond donors (Lipinski definition) is 3. The molecule has 0 saturated carbocycles. The van der Waals surface area contributed by atoms with Gasteiger partial charge in [-0.15, -0.1) is 0 Å². The maximum Gasteiger partial charge on any atom is 0.412 e. The highest BCUT2D eigenvalue weighted by Crippen LogP contribution is 2.33. The van der Waals surface area contributed by atoms with Gasteiger partial charge in [0.2, 0.25) is 17.5 Å². The first-order valence-corrected chi connectivity index (χ1v) is 10.6. The number of benzene rings is 1. The van der Waals surface area contributed by atoms with E-state index in [1.807, 2.05) is 5.32 Å². The fourth-order valence-electron chi connectivity index (χ4n) is 3.61. The highest BCUT2D eigenvalue weighted by atomic mass is 19.4. The molecule has 3 N–H and O–H groups in total. The molecule has 35 heavy (non-hydrogen) atoms. The number of nitrogens with zero attached hydrogens (tertiary/aromatic N) is 1. The predicted octanol–water partition coefficient (Wildman–Crippen LogP) is 1.87. The van der Waals surface area contributed by atoms with Crippen molar-refractivity contribution in [2.75, 3.05) is 0 Å². The number of aliphatic hydroxyl groups is 1. The average Bonchev–Trinajstić information content (AvgIpc) is 3.04. The number of alkyl halides is 3. The number of fused-ring (bicyclic) bond motifs is 1. The minimum atomic E-state index is -4.50. The third-order valence-corrected chi connectivity index (χ3v) is 5.75. The Morgan fingerprint density at radius 3 is 2.43 bits per heavy atom. The zero-order valence-electron chi connectivity index (χ0n) is 18.8. The number of carbonyl (C=O) groups is 5. The second-order valence-corrected chi connectivity index (χ2v) is 8.10. The van der Waals surface area contributed by atoms with Gasteiger partial charge >= 0.3 is 6.18 Å². The molecule has 0 radical (unpaired) electrons. The Morgan fingerprint density at radius 1 is 1.17 bits per heavy atom. The van der Waals surface area contributed by atoms with Gasteiger partial charge in [0.05, 0.1) is 11.1 Å². The van der Waals surface area contributed by atoms with E-state index in [0.717, 1.165) is 19.1 Å². The van der Waals surface area contributed by atoms with Gasteiger partial charge in [0, 0.05) is 30.5 Å². The van der Waals surface area contributed by atoms with Gasteiger partial charge < -0.3 is 10.4 Å². The molecule has 2 aliphatic rings. The Morgan fingerprint density at radius 2 is 1.83 bits per heavy atom. The Kier molecular flexibility index (Phi) is 6.97. The number of piperidine rings is 1. The third kappa shape index (κ3) is 5.02. The molecular formula is C23H22F3N3O6. The number of halogens is 3. The quantitative estimate of drug-likeness (QED) is 0.315. The van der Waals surface area contributed by atoms with E-state index < -0.39 is 53.4 Å². The lowest BCUT2D eigenvalue weighted by molar-refractivity contribution is -0.163. The number of rotatable bonds is 6.